The molecular formula is C23H24F8N2O7S2. The second-order valence-corrected chi connectivity index (χ2v) is 11.9. The SMILES string of the molecule is CCN(CC)S(=O)(=O)c1c(F)c(F)c(OCC(=O)COc2c(F)c(F)c(S(=O)(=O)N(CC)CC)c(F)c2F)c(F)c1F. The number of carbonyl (C=O) groups is 1. The van der Waals surface area contributed by atoms with Crippen LogP contribution in [0.4, 0.5) is 35.1 Å². The maximum atomic E-state index is 14.5. The van der Waals surface area contributed by atoms with Gasteiger partial charge < -0.3 is 9.47 Å². The van der Waals surface area contributed by atoms with Gasteiger partial charge in [-0.3, -0.25) is 4.79 Å². The van der Waals surface area contributed by atoms with Crippen LogP contribution in [0.3, 0.4) is 0 Å². The highest BCUT2D eigenvalue weighted by molar-refractivity contribution is 7.89. The van der Waals surface area contributed by atoms with Crippen LogP contribution in [0.15, 0.2) is 9.79 Å². The second-order valence-electron chi connectivity index (χ2n) is 8.12. The summed E-state index contributed by atoms with van der Waals surface area (Å²) < 4.78 is 176. The highest BCUT2D eigenvalue weighted by atomic mass is 32.2. The monoisotopic (exact) mass is 656 g/mol. The third-order valence-electron chi connectivity index (χ3n) is 5.73. The predicted molar refractivity (Wildman–Crippen MR) is 129 cm³/mol. The molecule has 0 unspecified atom stereocenters. The lowest BCUT2D eigenvalue weighted by Gasteiger charge is -2.20. The molecule has 19 heteroatoms. The van der Waals surface area contributed by atoms with Crippen molar-refractivity contribution in [3.63, 3.8) is 0 Å². The fourth-order valence-electron chi connectivity index (χ4n) is 3.62. The highest BCUT2D eigenvalue weighted by Gasteiger charge is 2.38. The van der Waals surface area contributed by atoms with Crippen LogP contribution in [0, 0.1) is 46.5 Å². The van der Waals surface area contributed by atoms with Gasteiger partial charge in [0.1, 0.15) is 0 Å². The molecule has 0 spiro atoms. The fourth-order valence-corrected chi connectivity index (χ4v) is 6.76. The largest absolute Gasteiger partial charge is 0.479 e. The predicted octanol–water partition coefficient (Wildman–Crippen LogP) is 3.89. The van der Waals surface area contributed by atoms with Gasteiger partial charge in [-0.05, 0) is 0 Å². The summed E-state index contributed by atoms with van der Waals surface area (Å²) >= 11 is 0. The van der Waals surface area contributed by atoms with Gasteiger partial charge >= 0.3 is 0 Å². The zero-order valence-corrected chi connectivity index (χ0v) is 24.0. The van der Waals surface area contributed by atoms with E-state index in [4.69, 9.17) is 0 Å². The van der Waals surface area contributed by atoms with Crippen molar-refractivity contribution in [2.75, 3.05) is 39.4 Å². The average Bonchev–Trinajstić information content (AvgIpc) is 2.91. The Bertz CT molecular complexity index is 1410. The van der Waals surface area contributed by atoms with E-state index in [1.54, 1.807) is 0 Å². The molecule has 0 aliphatic carbocycles. The molecule has 0 radical (unpaired) electrons. The summed E-state index contributed by atoms with van der Waals surface area (Å²) in [5.41, 5.74) is 0. The van der Waals surface area contributed by atoms with E-state index in [0.717, 1.165) is 0 Å². The molecule has 2 aromatic rings. The summed E-state index contributed by atoms with van der Waals surface area (Å²) in [5, 5.41) is 0. The number of carbonyl (C=O) groups excluding carboxylic acids is 1. The molecule has 0 aliphatic rings. The molecule has 0 saturated heterocycles. The molecule has 236 valence electrons. The maximum Gasteiger partial charge on any atom is 0.249 e. The normalized spacial score (nSPS) is 12.3. The minimum absolute atomic E-state index is 0.308. The number of nitrogens with zero attached hydrogens (tertiary/aromatic N) is 2. The second kappa shape index (κ2) is 13.5. The van der Waals surface area contributed by atoms with Gasteiger partial charge in [-0.25, -0.2) is 34.4 Å². The van der Waals surface area contributed by atoms with Crippen LogP contribution in [-0.4, -0.2) is 70.6 Å². The number of Topliss-reactive ketones (excluding diaryl/α,β-unsaturated/α-hetero) is 1. The van der Waals surface area contributed by atoms with Gasteiger partial charge in [0.2, 0.25) is 49.1 Å². The van der Waals surface area contributed by atoms with E-state index in [1.165, 1.54) is 27.7 Å². The molecule has 0 fully saturated rings. The van der Waals surface area contributed by atoms with Crippen molar-refractivity contribution >= 4 is 25.8 Å². The highest BCUT2D eigenvalue weighted by Crippen LogP contribution is 2.35. The van der Waals surface area contributed by atoms with E-state index in [-0.39, 0.29) is 26.2 Å². The molecule has 42 heavy (non-hydrogen) atoms. The Morgan fingerprint density at radius 3 is 0.976 bits per heavy atom. The Morgan fingerprint density at radius 2 is 0.762 bits per heavy atom. The molecule has 0 N–H and O–H groups in total. The number of hydrogen-bond donors (Lipinski definition) is 0. The van der Waals surface area contributed by atoms with E-state index in [0.29, 0.717) is 8.61 Å². The summed E-state index contributed by atoms with van der Waals surface area (Å²) in [7, 11) is -10.1. The number of ether oxygens (including phenoxy) is 2. The van der Waals surface area contributed by atoms with Gasteiger partial charge in [0.05, 0.1) is 0 Å². The van der Waals surface area contributed by atoms with Gasteiger partial charge in [0.15, 0.2) is 57.8 Å². The van der Waals surface area contributed by atoms with Gasteiger partial charge in [-0.2, -0.15) is 26.2 Å². The minimum atomic E-state index is -5.04. The molecule has 2 aromatic carbocycles. The van der Waals surface area contributed by atoms with E-state index in [1.807, 2.05) is 0 Å². The van der Waals surface area contributed by atoms with Gasteiger partial charge in [-0.1, -0.05) is 27.7 Å². The molecular weight excluding hydrogens is 632 g/mol. The van der Waals surface area contributed by atoms with E-state index in [9.17, 15) is 56.8 Å². The van der Waals surface area contributed by atoms with Crippen molar-refractivity contribution in [1.29, 1.82) is 0 Å². The number of sulfonamides is 2. The molecule has 0 aromatic heterocycles. The van der Waals surface area contributed by atoms with Crippen molar-refractivity contribution in [3.05, 3.63) is 46.5 Å². The maximum absolute atomic E-state index is 14.5. The molecule has 9 nitrogen and oxygen atoms in total. The molecule has 2 rings (SSSR count). The van der Waals surface area contributed by atoms with Crippen LogP contribution in [0.1, 0.15) is 27.7 Å². The minimum Gasteiger partial charge on any atom is -0.479 e. The zero-order valence-electron chi connectivity index (χ0n) is 22.3. The van der Waals surface area contributed by atoms with Gasteiger partial charge in [-0.15, -0.1) is 0 Å². The number of rotatable bonds is 14. The zero-order chi connectivity index (χ0) is 32.3. The first-order valence-electron chi connectivity index (χ1n) is 11.9. The molecule has 0 amide bonds. The molecule has 0 bridgehead atoms. The van der Waals surface area contributed by atoms with Crippen LogP contribution in [0.25, 0.3) is 0 Å². The molecule has 0 atom stereocenters. The number of halogens is 8. The number of hydrogen-bond acceptors (Lipinski definition) is 7. The summed E-state index contributed by atoms with van der Waals surface area (Å²) in [5.74, 6) is -24.0. The third kappa shape index (κ3) is 6.32. The smallest absolute Gasteiger partial charge is 0.249 e. The van der Waals surface area contributed by atoms with Gasteiger partial charge in [0, 0.05) is 26.2 Å². The Balaban J connectivity index is 2.33. The Morgan fingerprint density at radius 1 is 0.524 bits per heavy atom. The lowest BCUT2D eigenvalue weighted by molar-refractivity contribution is -0.123. The lowest BCUT2D eigenvalue weighted by atomic mass is 10.2. The van der Waals surface area contributed by atoms with Gasteiger partial charge in [0.25, 0.3) is 0 Å². The van der Waals surface area contributed by atoms with Crippen molar-refractivity contribution in [2.24, 2.45) is 0 Å². The number of benzene rings is 2. The van der Waals surface area contributed by atoms with Crippen LogP contribution in [-0.2, 0) is 24.8 Å². The van der Waals surface area contributed by atoms with Crippen LogP contribution < -0.4 is 9.47 Å². The van der Waals surface area contributed by atoms with E-state index < -0.39 is 107 Å². The Kier molecular flexibility index (Phi) is 11.3. The molecule has 0 heterocycles. The first-order chi connectivity index (χ1) is 19.4. The van der Waals surface area contributed by atoms with Crippen molar-refractivity contribution < 1.29 is 66.2 Å². The quantitative estimate of drug-likeness (QED) is 0.224. The first-order valence-corrected chi connectivity index (χ1v) is 14.8. The van der Waals surface area contributed by atoms with E-state index >= 15 is 0 Å². The van der Waals surface area contributed by atoms with Crippen molar-refractivity contribution in [2.45, 2.75) is 37.5 Å². The van der Waals surface area contributed by atoms with Crippen LogP contribution >= 0.6 is 0 Å². The van der Waals surface area contributed by atoms with Crippen LogP contribution in [0.5, 0.6) is 11.5 Å². The fraction of sp³-hybridized carbons (Fsp3) is 0.435. The summed E-state index contributed by atoms with van der Waals surface area (Å²) in [6, 6.07) is 0. The molecule has 0 aliphatic heterocycles. The van der Waals surface area contributed by atoms with E-state index in [2.05, 4.69) is 9.47 Å². The summed E-state index contributed by atoms with van der Waals surface area (Å²) in [4.78, 5) is 8.13. The first kappa shape index (κ1) is 35.2. The van der Waals surface area contributed by atoms with Crippen molar-refractivity contribution in [1.82, 2.24) is 8.61 Å². The third-order valence-corrected chi connectivity index (χ3v) is 9.87. The average molecular weight is 657 g/mol. The van der Waals surface area contributed by atoms with Crippen LogP contribution in [0.2, 0.25) is 0 Å². The standard InChI is InChI=1S/C23H24F8N2O7S2/c1-5-32(6-2)41(35,36)22-16(28)12(24)20(13(25)17(22)29)39-9-11(34)10-40-21-14(26)18(30)23(19(31)15(21)27)42(37,38)33(7-3)8-4/h5-10H2,1-4H3. The Labute approximate surface area is 235 Å². The lowest BCUT2D eigenvalue weighted by Crippen LogP contribution is -2.32. The summed E-state index contributed by atoms with van der Waals surface area (Å²) in [6.07, 6.45) is 0. The Hall–Kier alpha value is -3.03. The topological polar surface area (TPSA) is 110 Å². The molecule has 0 saturated carbocycles. The number of ketones is 1. The van der Waals surface area contributed by atoms with Crippen molar-refractivity contribution in [3.8, 4) is 11.5 Å². The summed E-state index contributed by atoms with van der Waals surface area (Å²) in [6.45, 7) is 0.920.